The minimum atomic E-state index is 0.723. The third-order valence-electron chi connectivity index (χ3n) is 8.05. The molecule has 1 aliphatic carbocycles. The molecule has 0 bridgehead atoms. The number of hydrogen-bond donors (Lipinski definition) is 0. The van der Waals surface area contributed by atoms with Gasteiger partial charge in [0.05, 0.1) is 14.1 Å². The van der Waals surface area contributed by atoms with Crippen molar-refractivity contribution in [2.45, 2.75) is 216 Å². The maximum Gasteiger partial charge on any atom is 0.129 e. The van der Waals surface area contributed by atoms with Crippen LogP contribution in [0, 0.1) is 5.92 Å². The molecule has 1 aliphatic heterocycles. The van der Waals surface area contributed by atoms with E-state index >= 15 is 0 Å². The van der Waals surface area contributed by atoms with Gasteiger partial charge in [-0.3, -0.25) is 4.48 Å². The first kappa shape index (κ1) is 69.7. The molecule has 2 aliphatic rings. The fourth-order valence-corrected chi connectivity index (χ4v) is 4.05. The third-order valence-corrected chi connectivity index (χ3v) is 8.05. The molecule has 0 saturated heterocycles. The molecule has 1 heterocycles. The van der Waals surface area contributed by atoms with Crippen LogP contribution in [0.3, 0.4) is 0 Å². The van der Waals surface area contributed by atoms with Crippen LogP contribution in [-0.2, 0) is 0 Å². The molecule has 1 nitrogen and oxygen atoms in total. The molecule has 1 fully saturated rings. The van der Waals surface area contributed by atoms with Gasteiger partial charge in [0.1, 0.15) is 11.9 Å². The Balaban J connectivity index is -0.000000116. The minimum Gasteiger partial charge on any atom is -0.270 e. The number of unbranched alkanes of at least 4 members (excludes halogenated alkanes) is 4. The molecule has 1 saturated carbocycles. The van der Waals surface area contributed by atoms with Gasteiger partial charge in [0, 0.05) is 5.57 Å². The molecular formula is C57H108N+. The molecule has 340 valence electrons. The molecule has 0 spiro atoms. The van der Waals surface area contributed by atoms with Crippen LogP contribution in [0.2, 0.25) is 0 Å². The topological polar surface area (TPSA) is 0 Å². The van der Waals surface area contributed by atoms with E-state index in [9.17, 15) is 0 Å². The van der Waals surface area contributed by atoms with Crippen LogP contribution >= 0.6 is 0 Å². The molecule has 0 amide bonds. The van der Waals surface area contributed by atoms with Gasteiger partial charge in [-0.05, 0) is 100 Å². The van der Waals surface area contributed by atoms with Crippen LogP contribution in [0.1, 0.15) is 222 Å². The van der Waals surface area contributed by atoms with E-state index in [1.807, 2.05) is 61.5 Å². The molecule has 58 heavy (non-hydrogen) atoms. The smallest absolute Gasteiger partial charge is 0.129 e. The number of nitrogens with zero attached hydrogens (tertiary/aromatic N) is 1. The minimum absolute atomic E-state index is 0.723. The maximum absolute atomic E-state index is 4.19. The Bertz CT molecular complexity index is 1190. The first-order valence-corrected chi connectivity index (χ1v) is 23.9. The van der Waals surface area contributed by atoms with Crippen molar-refractivity contribution in [3.8, 4) is 0 Å². The summed E-state index contributed by atoms with van der Waals surface area (Å²) in [5.74, 6) is 0.833. The second-order valence-electron chi connectivity index (χ2n) is 14.9. The Morgan fingerprint density at radius 2 is 1.07 bits per heavy atom. The highest BCUT2D eigenvalue weighted by Gasteiger charge is 2.20. The monoisotopic (exact) mass is 807 g/mol. The molecular weight excluding hydrogens is 699 g/mol. The van der Waals surface area contributed by atoms with Gasteiger partial charge >= 0.3 is 0 Å². The SMILES string of the molecule is C=C1C=CC(c2ccccc2)=C[N+]1(C)C.C=C1CCCC/C1=C/C(/C=C(\C)C(=C)C)=C(C)C.CC.CC.CC.CC.CC(C)C.CCCC.CCCC.CCCCC. The normalized spacial score (nSPS) is 13.6. The van der Waals surface area contributed by atoms with Crippen LogP contribution in [0.4, 0.5) is 0 Å². The summed E-state index contributed by atoms with van der Waals surface area (Å²) in [5, 5.41) is 0. The molecule has 1 aromatic carbocycles. The lowest BCUT2D eigenvalue weighted by atomic mass is 9.88. The van der Waals surface area contributed by atoms with E-state index in [0.717, 1.165) is 28.1 Å². The first-order chi connectivity index (χ1) is 27.5. The summed E-state index contributed by atoms with van der Waals surface area (Å²) in [6.07, 6.45) is 25.3. The molecule has 1 aromatic rings. The van der Waals surface area contributed by atoms with E-state index in [1.54, 1.807) is 0 Å². The average molecular weight is 807 g/mol. The van der Waals surface area contributed by atoms with E-state index in [4.69, 9.17) is 0 Å². The van der Waals surface area contributed by atoms with E-state index in [2.05, 4.69) is 179 Å². The zero-order valence-electron chi connectivity index (χ0n) is 44.2. The molecule has 0 unspecified atom stereocenters. The summed E-state index contributed by atoms with van der Waals surface area (Å²) < 4.78 is 0.723. The van der Waals surface area contributed by atoms with Gasteiger partial charge < -0.3 is 0 Å². The second kappa shape index (κ2) is 52.1. The number of benzene rings is 1. The standard InChI is InChI=1S/C18H26.C14H16N.C5H12.3C4H10.4C2H6/c1-13(2)16(6)11-18(14(3)4)12-17-10-8-7-9-15(17)5;1-12-9-10-14(11-15(12,2)3)13-7-5-4-6-8-13;1-3-5-4-2;1-4(2)3;2*1-3-4-2;4*1-2/h11-12H,1,5,7-10H2,2-4,6H3;4-11H,1H2,2-3H3;3-5H2,1-2H3;4H,1-3H3;2*3-4H2,1-2H3;4*1-2H3/q;+1;;;;;;;;/b16-11+,17-12-;;;;;;;;;. The fourth-order valence-electron chi connectivity index (χ4n) is 4.05. The van der Waals surface area contributed by atoms with Gasteiger partial charge in [-0.15, -0.1) is 0 Å². The van der Waals surface area contributed by atoms with Gasteiger partial charge in [0.15, 0.2) is 0 Å². The predicted octanol–water partition coefficient (Wildman–Crippen LogP) is 20.7. The van der Waals surface area contributed by atoms with Crippen molar-refractivity contribution in [3.63, 3.8) is 0 Å². The molecule has 0 aromatic heterocycles. The average Bonchev–Trinajstić information content (AvgIpc) is 3.23. The van der Waals surface area contributed by atoms with Crippen molar-refractivity contribution >= 4 is 5.57 Å². The van der Waals surface area contributed by atoms with Crippen molar-refractivity contribution in [1.82, 2.24) is 0 Å². The van der Waals surface area contributed by atoms with Crippen LogP contribution in [-0.4, -0.2) is 18.6 Å². The zero-order chi connectivity index (χ0) is 47.1. The summed E-state index contributed by atoms with van der Waals surface area (Å²) in [6.45, 7) is 56.4. The van der Waals surface area contributed by atoms with Crippen molar-refractivity contribution in [3.05, 3.63) is 125 Å². The van der Waals surface area contributed by atoms with E-state index in [1.165, 1.54) is 103 Å². The molecule has 3 rings (SSSR count). The highest BCUT2D eigenvalue weighted by Crippen LogP contribution is 2.30. The third kappa shape index (κ3) is 45.8. The van der Waals surface area contributed by atoms with Crippen molar-refractivity contribution < 1.29 is 4.48 Å². The fraction of sp³-hybridized carbons (Fsp3) is 0.614. The summed E-state index contributed by atoms with van der Waals surface area (Å²) in [6, 6.07) is 10.4. The lowest BCUT2D eigenvalue weighted by Crippen LogP contribution is -2.32. The Labute approximate surface area is 370 Å². The lowest BCUT2D eigenvalue weighted by molar-refractivity contribution is -0.794. The van der Waals surface area contributed by atoms with E-state index < -0.39 is 0 Å². The van der Waals surface area contributed by atoms with Gasteiger partial charge in [-0.1, -0.05) is 235 Å². The van der Waals surface area contributed by atoms with E-state index in [-0.39, 0.29) is 0 Å². The maximum atomic E-state index is 4.19. The second-order valence-corrected chi connectivity index (χ2v) is 14.9. The zero-order valence-corrected chi connectivity index (χ0v) is 44.2. The van der Waals surface area contributed by atoms with Crippen molar-refractivity contribution in [1.29, 1.82) is 0 Å². The number of quaternary nitrogens is 1. The largest absolute Gasteiger partial charge is 0.270 e. The number of hydrogen-bond acceptors (Lipinski definition) is 0. The first-order valence-electron chi connectivity index (χ1n) is 23.9. The molecule has 1 heteroatoms. The highest BCUT2D eigenvalue weighted by molar-refractivity contribution is 5.74. The quantitative estimate of drug-likeness (QED) is 0.181. The molecule has 0 atom stereocenters. The van der Waals surface area contributed by atoms with Crippen LogP contribution in [0.25, 0.3) is 5.57 Å². The lowest BCUT2D eigenvalue weighted by Gasteiger charge is -2.28. The number of allylic oxidation sites excluding steroid dienone is 11. The van der Waals surface area contributed by atoms with Gasteiger partial charge in [0.2, 0.25) is 0 Å². The van der Waals surface area contributed by atoms with E-state index in [0.29, 0.717) is 0 Å². The van der Waals surface area contributed by atoms with Crippen LogP contribution in [0.15, 0.2) is 120 Å². The molecule has 0 N–H and O–H groups in total. The van der Waals surface area contributed by atoms with Crippen LogP contribution in [0.5, 0.6) is 0 Å². The highest BCUT2D eigenvalue weighted by atomic mass is 15.3. The summed E-state index contributed by atoms with van der Waals surface area (Å²) in [5.41, 5.74) is 11.4. The van der Waals surface area contributed by atoms with Gasteiger partial charge in [0.25, 0.3) is 0 Å². The summed E-state index contributed by atoms with van der Waals surface area (Å²) in [4.78, 5) is 0. The van der Waals surface area contributed by atoms with Crippen LogP contribution < -0.4 is 0 Å². The Hall–Kier alpha value is -2.90. The Kier molecular flexibility index (Phi) is 62.6. The number of likely N-dealkylation sites (N-methyl/N-ethyl adjacent to an activating group) is 1. The number of rotatable bonds is 8. The van der Waals surface area contributed by atoms with Gasteiger partial charge in [-0.2, -0.15) is 0 Å². The molecule has 0 radical (unpaired) electrons. The Morgan fingerprint density at radius 1 is 0.655 bits per heavy atom. The van der Waals surface area contributed by atoms with Crippen molar-refractivity contribution in [2.24, 2.45) is 5.92 Å². The predicted molar refractivity (Wildman–Crippen MR) is 280 cm³/mol. The van der Waals surface area contributed by atoms with Gasteiger partial charge in [-0.25, -0.2) is 0 Å². The summed E-state index contributed by atoms with van der Waals surface area (Å²) in [7, 11) is 4.27. The Morgan fingerprint density at radius 3 is 1.38 bits per heavy atom. The van der Waals surface area contributed by atoms with Crippen molar-refractivity contribution in [2.75, 3.05) is 14.1 Å². The summed E-state index contributed by atoms with van der Waals surface area (Å²) >= 11 is 0.